The zero-order valence-electron chi connectivity index (χ0n) is 21.3. The predicted octanol–water partition coefficient (Wildman–Crippen LogP) is 5.93. The van der Waals surface area contributed by atoms with Gasteiger partial charge in [0, 0.05) is 48.7 Å². The predicted molar refractivity (Wildman–Crippen MR) is 152 cm³/mol. The number of rotatable bonds is 8. The van der Waals surface area contributed by atoms with Gasteiger partial charge in [-0.15, -0.1) is 0 Å². The van der Waals surface area contributed by atoms with Gasteiger partial charge in [0.1, 0.15) is 23.2 Å². The Bertz CT molecular complexity index is 1550. The Balaban J connectivity index is 1.29. The van der Waals surface area contributed by atoms with Crippen molar-refractivity contribution in [3.8, 4) is 5.75 Å². The molecule has 11 heteroatoms. The first kappa shape index (κ1) is 26.9. The van der Waals surface area contributed by atoms with Crippen molar-refractivity contribution in [1.82, 2.24) is 20.2 Å². The zero-order chi connectivity index (χ0) is 27.9. The van der Waals surface area contributed by atoms with E-state index in [1.54, 1.807) is 60.7 Å². The average Bonchev–Trinajstić information content (AvgIpc) is 2.99. The van der Waals surface area contributed by atoms with Crippen LogP contribution in [0.5, 0.6) is 5.75 Å². The van der Waals surface area contributed by atoms with Crippen LogP contribution in [-0.2, 0) is 6.61 Å². The smallest absolute Gasteiger partial charge is 0.253 e. The molecule has 1 aromatic heterocycles. The molecule has 0 unspecified atom stereocenters. The molecule has 0 aliphatic carbocycles. The number of carbonyl (C=O) groups excluding carboxylic acids is 1. The molecule has 1 fully saturated rings. The van der Waals surface area contributed by atoms with Crippen molar-refractivity contribution in [2.24, 2.45) is 0 Å². The quantitative estimate of drug-likeness (QED) is 0.231. The van der Waals surface area contributed by atoms with E-state index in [0.29, 0.717) is 41.3 Å². The number of halogens is 2. The summed E-state index contributed by atoms with van der Waals surface area (Å²) in [6, 6.07) is 18.5. The molecule has 1 amide bonds. The van der Waals surface area contributed by atoms with E-state index in [1.807, 2.05) is 4.90 Å². The minimum atomic E-state index is -0.380. The molecule has 4 aromatic rings. The molecule has 40 heavy (non-hydrogen) atoms. The van der Waals surface area contributed by atoms with Gasteiger partial charge in [-0.2, -0.15) is 4.98 Å². The normalized spacial score (nSPS) is 12.9. The fourth-order valence-corrected chi connectivity index (χ4v) is 4.28. The molecule has 1 saturated heterocycles. The lowest BCUT2D eigenvalue weighted by Gasteiger charge is -2.27. The lowest BCUT2D eigenvalue weighted by Crippen LogP contribution is -2.46. The topological polar surface area (TPSA) is 95.8 Å². The second-order valence-electron chi connectivity index (χ2n) is 8.90. The van der Waals surface area contributed by atoms with E-state index in [-0.39, 0.29) is 40.8 Å². The highest BCUT2D eigenvalue weighted by Crippen LogP contribution is 2.38. The summed E-state index contributed by atoms with van der Waals surface area (Å²) >= 11 is 6.36. The summed E-state index contributed by atoms with van der Waals surface area (Å²) in [6.45, 7) is 10.6. The number of carbonyl (C=O) groups is 1. The van der Waals surface area contributed by atoms with Crippen LogP contribution < -0.4 is 20.7 Å². The van der Waals surface area contributed by atoms with Crippen molar-refractivity contribution in [2.75, 3.05) is 36.8 Å². The van der Waals surface area contributed by atoms with Crippen LogP contribution >= 0.6 is 11.6 Å². The summed E-state index contributed by atoms with van der Waals surface area (Å²) in [5.74, 6) is 0.459. The Kier molecular flexibility index (Phi) is 8.35. The Hall–Kier alpha value is -4.72. The van der Waals surface area contributed by atoms with Gasteiger partial charge in [-0.1, -0.05) is 35.9 Å². The number of amides is 1. The van der Waals surface area contributed by atoms with Crippen molar-refractivity contribution >= 4 is 46.3 Å². The maximum absolute atomic E-state index is 14.0. The van der Waals surface area contributed by atoms with Gasteiger partial charge in [0.25, 0.3) is 11.6 Å². The number of benzene rings is 3. The number of piperazine rings is 1. The number of nitrogens with one attached hydrogen (secondary N) is 3. The molecule has 202 valence electrons. The average molecular weight is 558 g/mol. The Morgan fingerprint density at radius 3 is 2.60 bits per heavy atom. The molecule has 5 rings (SSSR count). The third-order valence-electron chi connectivity index (χ3n) is 6.24. The SMILES string of the molecule is [C-]#[N+]c1c(Nc2nc(Nc3ccc(C(=O)N4CCNCC4)cc3)ncc2Cl)cccc1OCc1ccccc1F. The molecule has 0 atom stereocenters. The Morgan fingerprint density at radius 1 is 1.07 bits per heavy atom. The molecular weight excluding hydrogens is 533 g/mol. The molecule has 1 aliphatic rings. The second kappa shape index (κ2) is 12.4. The molecule has 0 spiro atoms. The molecule has 3 aromatic carbocycles. The maximum atomic E-state index is 14.0. The lowest BCUT2D eigenvalue weighted by atomic mass is 10.1. The van der Waals surface area contributed by atoms with Crippen molar-refractivity contribution in [1.29, 1.82) is 0 Å². The van der Waals surface area contributed by atoms with Gasteiger partial charge in [0.2, 0.25) is 5.95 Å². The van der Waals surface area contributed by atoms with Crippen LogP contribution in [0, 0.1) is 12.4 Å². The van der Waals surface area contributed by atoms with Crippen molar-refractivity contribution in [3.05, 3.63) is 106 Å². The molecule has 1 aliphatic heterocycles. The molecule has 0 radical (unpaired) electrons. The standard InChI is InChI=1S/C29H25ClFN7O2/c1-32-26-24(7-4-8-25(26)40-18-20-5-2-3-6-23(20)31)36-27-22(30)17-34-29(37-27)35-21-11-9-19(10-12-21)28(39)38-15-13-33-14-16-38/h2-12,17,33H,13-16,18H2,(H2,34,35,36,37). The zero-order valence-corrected chi connectivity index (χ0v) is 22.1. The summed E-state index contributed by atoms with van der Waals surface area (Å²) in [4.78, 5) is 26.9. The van der Waals surface area contributed by atoms with Crippen molar-refractivity contribution in [3.63, 3.8) is 0 Å². The Morgan fingerprint density at radius 2 is 1.85 bits per heavy atom. The number of nitrogens with zero attached hydrogens (tertiary/aromatic N) is 4. The third-order valence-corrected chi connectivity index (χ3v) is 6.52. The lowest BCUT2D eigenvalue weighted by molar-refractivity contribution is 0.0736. The molecule has 2 heterocycles. The van der Waals surface area contributed by atoms with E-state index < -0.39 is 0 Å². The van der Waals surface area contributed by atoms with Crippen LogP contribution in [0.3, 0.4) is 0 Å². The van der Waals surface area contributed by atoms with Crippen molar-refractivity contribution < 1.29 is 13.9 Å². The number of hydrogen-bond acceptors (Lipinski definition) is 7. The van der Waals surface area contributed by atoms with Gasteiger partial charge < -0.3 is 25.6 Å². The van der Waals surface area contributed by atoms with Gasteiger partial charge in [-0.3, -0.25) is 4.79 Å². The molecule has 9 nitrogen and oxygen atoms in total. The van der Waals surface area contributed by atoms with Crippen LogP contribution in [0.25, 0.3) is 4.85 Å². The first-order chi connectivity index (χ1) is 19.5. The summed E-state index contributed by atoms with van der Waals surface area (Å²) < 4.78 is 19.8. The summed E-state index contributed by atoms with van der Waals surface area (Å²) in [5, 5.41) is 9.68. The maximum Gasteiger partial charge on any atom is 0.253 e. The van der Waals surface area contributed by atoms with Gasteiger partial charge in [-0.05, 0) is 42.5 Å². The highest BCUT2D eigenvalue weighted by Gasteiger charge is 2.18. The van der Waals surface area contributed by atoms with Crippen molar-refractivity contribution in [2.45, 2.75) is 6.61 Å². The molecular formula is C29H25ClFN7O2. The third kappa shape index (κ3) is 6.29. The minimum absolute atomic E-state index is 0.00185. The van der Waals surface area contributed by atoms with E-state index in [4.69, 9.17) is 22.9 Å². The first-order valence-corrected chi connectivity index (χ1v) is 12.9. The van der Waals surface area contributed by atoms with E-state index in [1.165, 1.54) is 12.3 Å². The summed E-state index contributed by atoms with van der Waals surface area (Å²) in [6.07, 6.45) is 1.44. The van der Waals surface area contributed by atoms with Gasteiger partial charge in [0.15, 0.2) is 5.82 Å². The molecule has 0 saturated carbocycles. The number of aromatic nitrogens is 2. The second-order valence-corrected chi connectivity index (χ2v) is 9.31. The van der Waals surface area contributed by atoms with Gasteiger partial charge in [0.05, 0.1) is 12.8 Å². The van der Waals surface area contributed by atoms with E-state index in [0.717, 1.165) is 13.1 Å². The number of ether oxygens (including phenoxy) is 1. The minimum Gasteiger partial charge on any atom is -0.500 e. The first-order valence-electron chi connectivity index (χ1n) is 12.5. The Labute approximate surface area is 235 Å². The van der Waals surface area contributed by atoms with E-state index >= 15 is 0 Å². The van der Waals surface area contributed by atoms with E-state index in [2.05, 4.69) is 30.8 Å². The van der Waals surface area contributed by atoms with Crippen LogP contribution in [0.4, 0.5) is 33.2 Å². The van der Waals surface area contributed by atoms with E-state index in [9.17, 15) is 9.18 Å². The fourth-order valence-electron chi connectivity index (χ4n) is 4.14. The summed E-state index contributed by atoms with van der Waals surface area (Å²) in [7, 11) is 0. The largest absolute Gasteiger partial charge is 0.500 e. The number of anilines is 4. The van der Waals surface area contributed by atoms with Crippen LogP contribution in [0.15, 0.2) is 72.9 Å². The number of hydrogen-bond donors (Lipinski definition) is 3. The van der Waals surface area contributed by atoms with Gasteiger partial charge in [-0.25, -0.2) is 14.2 Å². The van der Waals surface area contributed by atoms with Crippen LogP contribution in [0.2, 0.25) is 5.02 Å². The van der Waals surface area contributed by atoms with Gasteiger partial charge >= 0.3 is 0 Å². The highest BCUT2D eigenvalue weighted by molar-refractivity contribution is 6.33. The molecule has 3 N–H and O–H groups in total. The highest BCUT2D eigenvalue weighted by atomic mass is 35.5. The van der Waals surface area contributed by atoms with Crippen LogP contribution in [-0.4, -0.2) is 47.0 Å². The van der Waals surface area contributed by atoms with Crippen LogP contribution in [0.1, 0.15) is 15.9 Å². The summed E-state index contributed by atoms with van der Waals surface area (Å²) in [5.41, 5.74) is 2.30. The monoisotopic (exact) mass is 557 g/mol. The fraction of sp³-hybridized carbons (Fsp3) is 0.172. The molecule has 0 bridgehead atoms. The number of para-hydroxylation sites is 1.